The second kappa shape index (κ2) is 8.28. The number of rotatable bonds is 8. The Balaban J connectivity index is 1.72. The average molecular weight is 318 g/mol. The van der Waals surface area contributed by atoms with Crippen LogP contribution in [0.4, 0.5) is 0 Å². The first-order valence-corrected chi connectivity index (χ1v) is 7.44. The third-order valence-corrected chi connectivity index (χ3v) is 3.30. The Morgan fingerprint density at radius 1 is 1.35 bits per heavy atom. The fourth-order valence-corrected chi connectivity index (χ4v) is 2.24. The molecule has 1 aromatic carbocycles. The minimum absolute atomic E-state index is 0.0429. The molecular weight excluding hydrogens is 296 g/mol. The summed E-state index contributed by atoms with van der Waals surface area (Å²) in [5, 5.41) is 10.6. The SMILES string of the molecule is COc1ccccc1CCNC(=O)CN(C)Cc1nnc(C)o1. The van der Waals surface area contributed by atoms with Crippen LogP contribution in [0.25, 0.3) is 0 Å². The number of nitrogens with one attached hydrogen (secondary N) is 1. The smallest absolute Gasteiger partial charge is 0.234 e. The van der Waals surface area contributed by atoms with E-state index < -0.39 is 0 Å². The van der Waals surface area contributed by atoms with E-state index in [9.17, 15) is 4.79 Å². The van der Waals surface area contributed by atoms with E-state index in [-0.39, 0.29) is 12.5 Å². The number of nitrogens with zero attached hydrogens (tertiary/aromatic N) is 3. The molecule has 1 aromatic heterocycles. The largest absolute Gasteiger partial charge is 0.496 e. The molecule has 0 radical (unpaired) electrons. The number of amides is 1. The predicted molar refractivity (Wildman–Crippen MR) is 85.1 cm³/mol. The standard InChI is InChI=1S/C16H22N4O3/c1-12-18-19-16(23-12)11-20(2)10-15(21)17-9-8-13-6-4-5-7-14(13)22-3/h4-7H,8-11H2,1-3H3,(H,17,21). The van der Waals surface area contributed by atoms with Crippen molar-refractivity contribution in [2.75, 3.05) is 27.2 Å². The summed E-state index contributed by atoms with van der Waals surface area (Å²) in [6.45, 7) is 3.02. The highest BCUT2D eigenvalue weighted by molar-refractivity contribution is 5.77. The summed E-state index contributed by atoms with van der Waals surface area (Å²) in [7, 11) is 3.48. The molecule has 1 N–H and O–H groups in total. The number of ether oxygens (including phenoxy) is 1. The predicted octanol–water partition coefficient (Wildman–Crippen LogP) is 1.18. The summed E-state index contributed by atoms with van der Waals surface area (Å²) in [6, 6.07) is 7.79. The minimum Gasteiger partial charge on any atom is -0.496 e. The summed E-state index contributed by atoms with van der Waals surface area (Å²) >= 11 is 0. The van der Waals surface area contributed by atoms with Crippen molar-refractivity contribution in [3.8, 4) is 5.75 Å². The molecule has 7 nitrogen and oxygen atoms in total. The van der Waals surface area contributed by atoms with Crippen LogP contribution >= 0.6 is 0 Å². The van der Waals surface area contributed by atoms with Crippen molar-refractivity contribution in [1.82, 2.24) is 20.4 Å². The van der Waals surface area contributed by atoms with Gasteiger partial charge < -0.3 is 14.5 Å². The van der Waals surface area contributed by atoms with Gasteiger partial charge in [-0.3, -0.25) is 9.69 Å². The Morgan fingerprint density at radius 3 is 2.83 bits per heavy atom. The van der Waals surface area contributed by atoms with Gasteiger partial charge in [-0.05, 0) is 25.1 Å². The van der Waals surface area contributed by atoms with Crippen LogP contribution in [0, 0.1) is 6.92 Å². The van der Waals surface area contributed by atoms with E-state index in [1.807, 2.05) is 36.2 Å². The van der Waals surface area contributed by atoms with E-state index in [4.69, 9.17) is 9.15 Å². The molecule has 0 spiro atoms. The highest BCUT2D eigenvalue weighted by atomic mass is 16.5. The second-order valence-corrected chi connectivity index (χ2v) is 5.30. The van der Waals surface area contributed by atoms with Crippen molar-refractivity contribution in [2.24, 2.45) is 0 Å². The molecule has 124 valence electrons. The molecule has 7 heteroatoms. The number of aromatic nitrogens is 2. The van der Waals surface area contributed by atoms with Crippen molar-refractivity contribution < 1.29 is 13.9 Å². The van der Waals surface area contributed by atoms with Gasteiger partial charge in [0.15, 0.2) is 0 Å². The molecule has 0 aliphatic heterocycles. The summed E-state index contributed by atoms with van der Waals surface area (Å²) in [5.41, 5.74) is 1.07. The van der Waals surface area contributed by atoms with Crippen molar-refractivity contribution in [2.45, 2.75) is 19.9 Å². The van der Waals surface area contributed by atoms with Crippen LogP contribution in [-0.4, -0.2) is 48.3 Å². The van der Waals surface area contributed by atoms with Crippen LogP contribution in [0.5, 0.6) is 5.75 Å². The third kappa shape index (κ3) is 5.37. The topological polar surface area (TPSA) is 80.5 Å². The molecule has 0 saturated heterocycles. The number of methoxy groups -OCH3 is 1. The maximum atomic E-state index is 11.9. The van der Waals surface area contributed by atoms with Crippen LogP contribution in [0.2, 0.25) is 0 Å². The van der Waals surface area contributed by atoms with Gasteiger partial charge >= 0.3 is 0 Å². The lowest BCUT2D eigenvalue weighted by Gasteiger charge is -2.14. The summed E-state index contributed by atoms with van der Waals surface area (Å²) in [4.78, 5) is 13.8. The first-order chi connectivity index (χ1) is 11.1. The molecule has 0 fully saturated rings. The maximum Gasteiger partial charge on any atom is 0.234 e. The third-order valence-electron chi connectivity index (χ3n) is 3.30. The monoisotopic (exact) mass is 318 g/mol. The zero-order valence-corrected chi connectivity index (χ0v) is 13.7. The molecular formula is C16H22N4O3. The van der Waals surface area contributed by atoms with Gasteiger partial charge in [0.25, 0.3) is 0 Å². The molecule has 1 heterocycles. The summed E-state index contributed by atoms with van der Waals surface area (Å²) in [6.07, 6.45) is 0.725. The fourth-order valence-electron chi connectivity index (χ4n) is 2.24. The first kappa shape index (κ1) is 17.0. The Hall–Kier alpha value is -2.41. The normalized spacial score (nSPS) is 10.8. The zero-order chi connectivity index (χ0) is 16.7. The van der Waals surface area contributed by atoms with Crippen LogP contribution in [0.1, 0.15) is 17.3 Å². The number of hydrogen-bond donors (Lipinski definition) is 1. The van der Waals surface area contributed by atoms with E-state index in [1.165, 1.54) is 0 Å². The highest BCUT2D eigenvalue weighted by Crippen LogP contribution is 2.17. The maximum absolute atomic E-state index is 11.9. The average Bonchev–Trinajstić information content (AvgIpc) is 2.92. The molecule has 0 aliphatic carbocycles. The number of para-hydroxylation sites is 1. The van der Waals surface area contributed by atoms with Crippen LogP contribution in [-0.2, 0) is 17.8 Å². The molecule has 23 heavy (non-hydrogen) atoms. The number of benzene rings is 1. The Labute approximate surface area is 135 Å². The molecule has 0 saturated carbocycles. The van der Waals surface area contributed by atoms with Gasteiger partial charge in [0, 0.05) is 13.5 Å². The lowest BCUT2D eigenvalue weighted by Crippen LogP contribution is -2.35. The summed E-state index contributed by atoms with van der Waals surface area (Å²) in [5.74, 6) is 1.82. The summed E-state index contributed by atoms with van der Waals surface area (Å²) < 4.78 is 10.6. The van der Waals surface area contributed by atoms with Gasteiger partial charge in [-0.15, -0.1) is 10.2 Å². The van der Waals surface area contributed by atoms with Gasteiger partial charge in [-0.1, -0.05) is 18.2 Å². The lowest BCUT2D eigenvalue weighted by atomic mass is 10.1. The van der Waals surface area contributed by atoms with Crippen LogP contribution < -0.4 is 10.1 Å². The van der Waals surface area contributed by atoms with E-state index in [2.05, 4.69) is 15.5 Å². The Morgan fingerprint density at radius 2 is 2.13 bits per heavy atom. The molecule has 0 unspecified atom stereocenters. The van der Waals surface area contributed by atoms with Crippen molar-refractivity contribution >= 4 is 5.91 Å². The molecule has 2 rings (SSSR count). The quantitative estimate of drug-likeness (QED) is 0.787. The van der Waals surface area contributed by atoms with Crippen molar-refractivity contribution in [1.29, 1.82) is 0 Å². The number of aryl methyl sites for hydroxylation is 1. The zero-order valence-electron chi connectivity index (χ0n) is 13.7. The molecule has 0 bridgehead atoms. The first-order valence-electron chi connectivity index (χ1n) is 7.44. The number of carbonyl (C=O) groups excluding carboxylic acids is 1. The van der Waals surface area contributed by atoms with E-state index in [1.54, 1.807) is 14.0 Å². The van der Waals surface area contributed by atoms with Gasteiger partial charge in [-0.25, -0.2) is 0 Å². The van der Waals surface area contributed by atoms with Gasteiger partial charge in [0.2, 0.25) is 17.7 Å². The molecule has 2 aromatic rings. The van der Waals surface area contributed by atoms with Gasteiger partial charge in [0.1, 0.15) is 5.75 Å². The van der Waals surface area contributed by atoms with E-state index >= 15 is 0 Å². The Bertz CT molecular complexity index is 642. The Kier molecular flexibility index (Phi) is 6.10. The second-order valence-electron chi connectivity index (χ2n) is 5.30. The fraction of sp³-hybridized carbons (Fsp3) is 0.438. The lowest BCUT2D eigenvalue weighted by molar-refractivity contribution is -0.122. The van der Waals surface area contributed by atoms with E-state index in [0.29, 0.717) is 24.9 Å². The van der Waals surface area contributed by atoms with Crippen molar-refractivity contribution in [3.63, 3.8) is 0 Å². The number of likely N-dealkylation sites (N-methyl/N-ethyl adjacent to an activating group) is 1. The number of hydrogen-bond acceptors (Lipinski definition) is 6. The van der Waals surface area contributed by atoms with Crippen LogP contribution in [0.15, 0.2) is 28.7 Å². The molecule has 1 amide bonds. The molecule has 0 aliphatic rings. The van der Waals surface area contributed by atoms with Gasteiger partial charge in [-0.2, -0.15) is 0 Å². The van der Waals surface area contributed by atoms with Crippen molar-refractivity contribution in [3.05, 3.63) is 41.6 Å². The molecule has 0 atom stereocenters. The number of carbonyl (C=O) groups is 1. The minimum atomic E-state index is -0.0429. The van der Waals surface area contributed by atoms with Gasteiger partial charge in [0.05, 0.1) is 20.2 Å². The van der Waals surface area contributed by atoms with E-state index in [0.717, 1.165) is 17.7 Å². The van der Waals surface area contributed by atoms with Crippen LogP contribution in [0.3, 0.4) is 0 Å². The highest BCUT2D eigenvalue weighted by Gasteiger charge is 2.10.